The lowest BCUT2D eigenvalue weighted by Gasteiger charge is -2.23. The standard InChI is InChI=1S/C16H25N3O.2ClH/c1-13(17)16(20)18(2)10-15-8-9-19(12-15)11-14-6-4-3-5-7-14;;/h3-7,13,15H,8-12,17H2,1-2H3;2*1H. The first-order valence-corrected chi connectivity index (χ1v) is 7.33. The molecule has 1 heterocycles. The Morgan fingerprint density at radius 2 is 2.00 bits per heavy atom. The van der Waals surface area contributed by atoms with E-state index in [0.717, 1.165) is 32.6 Å². The van der Waals surface area contributed by atoms with Gasteiger partial charge in [0.2, 0.25) is 5.91 Å². The summed E-state index contributed by atoms with van der Waals surface area (Å²) in [5.41, 5.74) is 6.99. The molecule has 4 nitrogen and oxygen atoms in total. The second kappa shape index (κ2) is 10.1. The normalized spacial score (nSPS) is 19.0. The summed E-state index contributed by atoms with van der Waals surface area (Å²) in [6.45, 7) is 5.73. The Morgan fingerprint density at radius 1 is 1.36 bits per heavy atom. The number of nitrogens with zero attached hydrogens (tertiary/aromatic N) is 2. The smallest absolute Gasteiger partial charge is 0.238 e. The molecule has 1 aliphatic heterocycles. The van der Waals surface area contributed by atoms with E-state index >= 15 is 0 Å². The lowest BCUT2D eigenvalue weighted by molar-refractivity contribution is -0.131. The molecule has 1 fully saturated rings. The van der Waals surface area contributed by atoms with Crippen LogP contribution in [-0.4, -0.2) is 48.4 Å². The van der Waals surface area contributed by atoms with Crippen LogP contribution in [0.3, 0.4) is 0 Å². The monoisotopic (exact) mass is 347 g/mol. The molecule has 2 unspecified atom stereocenters. The second-order valence-electron chi connectivity index (χ2n) is 5.88. The maximum absolute atomic E-state index is 11.8. The minimum absolute atomic E-state index is 0. The van der Waals surface area contributed by atoms with Crippen molar-refractivity contribution in [2.75, 3.05) is 26.7 Å². The van der Waals surface area contributed by atoms with Crippen LogP contribution < -0.4 is 5.73 Å². The highest BCUT2D eigenvalue weighted by atomic mass is 35.5. The largest absolute Gasteiger partial charge is 0.344 e. The van der Waals surface area contributed by atoms with Gasteiger partial charge in [0.15, 0.2) is 0 Å². The third kappa shape index (κ3) is 6.13. The number of rotatable bonds is 5. The molecular weight excluding hydrogens is 321 g/mol. The van der Waals surface area contributed by atoms with E-state index in [1.165, 1.54) is 5.56 Å². The first kappa shape index (κ1) is 21.2. The van der Waals surface area contributed by atoms with Gasteiger partial charge in [-0.3, -0.25) is 9.69 Å². The fourth-order valence-corrected chi connectivity index (χ4v) is 2.87. The molecular formula is C16H27Cl2N3O. The zero-order chi connectivity index (χ0) is 14.5. The fraction of sp³-hybridized carbons (Fsp3) is 0.562. The summed E-state index contributed by atoms with van der Waals surface area (Å²) in [5.74, 6) is 0.595. The molecule has 0 aliphatic carbocycles. The molecule has 0 bridgehead atoms. The highest BCUT2D eigenvalue weighted by molar-refractivity contribution is 5.85. The lowest BCUT2D eigenvalue weighted by atomic mass is 10.1. The zero-order valence-corrected chi connectivity index (χ0v) is 14.9. The molecule has 0 aromatic heterocycles. The van der Waals surface area contributed by atoms with Gasteiger partial charge in [-0.1, -0.05) is 30.3 Å². The topological polar surface area (TPSA) is 49.6 Å². The SMILES string of the molecule is CC(N)C(=O)N(C)CC1CCN(Cc2ccccc2)C1.Cl.Cl. The van der Waals surface area contributed by atoms with Crippen LogP contribution in [0.15, 0.2) is 30.3 Å². The van der Waals surface area contributed by atoms with E-state index in [0.29, 0.717) is 5.92 Å². The number of hydrogen-bond donors (Lipinski definition) is 1. The zero-order valence-electron chi connectivity index (χ0n) is 13.3. The molecule has 1 aromatic carbocycles. The average Bonchev–Trinajstić information content (AvgIpc) is 2.86. The second-order valence-corrected chi connectivity index (χ2v) is 5.88. The van der Waals surface area contributed by atoms with E-state index in [4.69, 9.17) is 5.73 Å². The van der Waals surface area contributed by atoms with Crippen LogP contribution >= 0.6 is 24.8 Å². The van der Waals surface area contributed by atoms with E-state index in [1.807, 2.05) is 13.1 Å². The Labute approximate surface area is 145 Å². The Hall–Kier alpha value is -0.810. The number of nitrogens with two attached hydrogens (primary N) is 1. The van der Waals surface area contributed by atoms with Gasteiger partial charge in [-0.15, -0.1) is 24.8 Å². The van der Waals surface area contributed by atoms with Crippen molar-refractivity contribution in [3.63, 3.8) is 0 Å². The van der Waals surface area contributed by atoms with Gasteiger partial charge in [-0.25, -0.2) is 0 Å². The summed E-state index contributed by atoms with van der Waals surface area (Å²) in [4.78, 5) is 16.0. The number of carbonyl (C=O) groups is 1. The molecule has 2 atom stereocenters. The number of carbonyl (C=O) groups excluding carboxylic acids is 1. The van der Waals surface area contributed by atoms with Crippen LogP contribution in [0.2, 0.25) is 0 Å². The maximum Gasteiger partial charge on any atom is 0.238 e. The van der Waals surface area contributed by atoms with Crippen molar-refractivity contribution in [1.29, 1.82) is 0 Å². The summed E-state index contributed by atoms with van der Waals surface area (Å²) in [6.07, 6.45) is 1.16. The van der Waals surface area contributed by atoms with Crippen molar-refractivity contribution in [1.82, 2.24) is 9.80 Å². The number of likely N-dealkylation sites (tertiary alicyclic amines) is 1. The van der Waals surface area contributed by atoms with E-state index in [1.54, 1.807) is 11.8 Å². The van der Waals surface area contributed by atoms with Crippen LogP contribution in [0, 0.1) is 5.92 Å². The molecule has 2 rings (SSSR count). The molecule has 2 N–H and O–H groups in total. The van der Waals surface area contributed by atoms with Gasteiger partial charge in [0.1, 0.15) is 0 Å². The van der Waals surface area contributed by atoms with Crippen molar-refractivity contribution in [2.24, 2.45) is 11.7 Å². The first-order chi connectivity index (χ1) is 9.56. The van der Waals surface area contributed by atoms with Gasteiger partial charge < -0.3 is 10.6 Å². The van der Waals surface area contributed by atoms with Gasteiger partial charge in [-0.2, -0.15) is 0 Å². The van der Waals surface area contributed by atoms with Crippen molar-refractivity contribution >= 4 is 30.7 Å². The van der Waals surface area contributed by atoms with E-state index in [-0.39, 0.29) is 30.7 Å². The molecule has 0 saturated carbocycles. The predicted octanol–water partition coefficient (Wildman–Crippen LogP) is 2.16. The summed E-state index contributed by atoms with van der Waals surface area (Å²) in [6, 6.07) is 10.1. The van der Waals surface area contributed by atoms with E-state index in [9.17, 15) is 4.79 Å². The molecule has 1 saturated heterocycles. The minimum Gasteiger partial charge on any atom is -0.344 e. The van der Waals surface area contributed by atoms with E-state index < -0.39 is 6.04 Å². The van der Waals surface area contributed by atoms with Crippen molar-refractivity contribution in [3.8, 4) is 0 Å². The lowest BCUT2D eigenvalue weighted by Crippen LogP contribution is -2.42. The predicted molar refractivity (Wildman–Crippen MR) is 95.6 cm³/mol. The van der Waals surface area contributed by atoms with Gasteiger partial charge in [0.05, 0.1) is 6.04 Å². The maximum atomic E-state index is 11.8. The molecule has 0 spiro atoms. The first-order valence-electron chi connectivity index (χ1n) is 7.33. The number of hydrogen-bond acceptors (Lipinski definition) is 3. The summed E-state index contributed by atoms with van der Waals surface area (Å²) >= 11 is 0. The van der Waals surface area contributed by atoms with Gasteiger partial charge in [0.25, 0.3) is 0 Å². The molecule has 0 radical (unpaired) electrons. The van der Waals surface area contributed by atoms with Crippen molar-refractivity contribution in [2.45, 2.75) is 25.9 Å². The quantitative estimate of drug-likeness (QED) is 0.887. The third-order valence-corrected chi connectivity index (χ3v) is 3.92. The van der Waals surface area contributed by atoms with E-state index in [2.05, 4.69) is 29.2 Å². The molecule has 1 aliphatic rings. The van der Waals surface area contributed by atoms with Gasteiger partial charge in [-0.05, 0) is 31.4 Å². The van der Waals surface area contributed by atoms with Crippen LogP contribution in [0.1, 0.15) is 18.9 Å². The Kier molecular flexibility index (Phi) is 9.69. The molecule has 1 aromatic rings. The van der Waals surface area contributed by atoms with Gasteiger partial charge in [0, 0.05) is 26.7 Å². The Bertz CT molecular complexity index is 442. The molecule has 1 amide bonds. The summed E-state index contributed by atoms with van der Waals surface area (Å²) in [7, 11) is 1.85. The highest BCUT2D eigenvalue weighted by Gasteiger charge is 2.25. The summed E-state index contributed by atoms with van der Waals surface area (Å²) in [5, 5.41) is 0. The number of benzene rings is 1. The Morgan fingerprint density at radius 3 is 2.59 bits per heavy atom. The van der Waals surface area contributed by atoms with Crippen LogP contribution in [0.25, 0.3) is 0 Å². The third-order valence-electron chi connectivity index (χ3n) is 3.92. The minimum atomic E-state index is -0.401. The Balaban J connectivity index is 0.00000220. The fourth-order valence-electron chi connectivity index (χ4n) is 2.87. The molecule has 126 valence electrons. The average molecular weight is 348 g/mol. The highest BCUT2D eigenvalue weighted by Crippen LogP contribution is 2.19. The molecule has 6 heteroatoms. The van der Waals surface area contributed by atoms with Crippen molar-refractivity contribution in [3.05, 3.63) is 35.9 Å². The van der Waals surface area contributed by atoms with Gasteiger partial charge >= 0.3 is 0 Å². The number of likely N-dealkylation sites (N-methyl/N-ethyl adjacent to an activating group) is 1. The summed E-state index contributed by atoms with van der Waals surface area (Å²) < 4.78 is 0. The number of halogens is 2. The number of amides is 1. The van der Waals surface area contributed by atoms with Crippen LogP contribution in [0.4, 0.5) is 0 Å². The van der Waals surface area contributed by atoms with Crippen molar-refractivity contribution < 1.29 is 4.79 Å². The molecule has 22 heavy (non-hydrogen) atoms. The van der Waals surface area contributed by atoms with Crippen LogP contribution in [-0.2, 0) is 11.3 Å². The van der Waals surface area contributed by atoms with Crippen LogP contribution in [0.5, 0.6) is 0 Å².